The molecule has 1 aromatic carbocycles. The Labute approximate surface area is 184 Å². The second kappa shape index (κ2) is 9.05. The molecule has 32 heavy (non-hydrogen) atoms. The lowest BCUT2D eigenvalue weighted by atomic mass is 10.1. The number of carbonyl (C=O) groups excluding carboxylic acids is 2. The van der Waals surface area contributed by atoms with Crippen molar-refractivity contribution in [3.63, 3.8) is 0 Å². The largest absolute Gasteiger partial charge is 0.456 e. The average Bonchev–Trinajstić information content (AvgIpc) is 3.28. The maximum absolute atomic E-state index is 13.0. The van der Waals surface area contributed by atoms with Crippen LogP contribution in [0.3, 0.4) is 0 Å². The van der Waals surface area contributed by atoms with Crippen molar-refractivity contribution >= 4 is 21.8 Å². The van der Waals surface area contributed by atoms with Crippen molar-refractivity contribution in [2.75, 3.05) is 20.2 Å². The summed E-state index contributed by atoms with van der Waals surface area (Å²) in [6.45, 7) is 4.13. The Balaban J connectivity index is 1.64. The molecule has 0 atom stereocenters. The van der Waals surface area contributed by atoms with E-state index >= 15 is 0 Å². The summed E-state index contributed by atoms with van der Waals surface area (Å²) < 4.78 is 50.6. The van der Waals surface area contributed by atoms with Crippen LogP contribution in [0.5, 0.6) is 0 Å². The molecule has 0 amide bonds. The maximum Gasteiger partial charge on any atom is 0.321 e. The van der Waals surface area contributed by atoms with Crippen LogP contribution >= 0.6 is 0 Å². The highest BCUT2D eigenvalue weighted by atomic mass is 32.2. The Kier molecular flexibility index (Phi) is 6.60. The van der Waals surface area contributed by atoms with Gasteiger partial charge in [-0.2, -0.15) is 4.31 Å². The highest BCUT2D eigenvalue weighted by Crippen LogP contribution is 2.21. The smallest absolute Gasteiger partial charge is 0.321 e. The van der Waals surface area contributed by atoms with Gasteiger partial charge in [0.25, 0.3) is 0 Å². The third kappa shape index (κ3) is 4.78. The third-order valence-electron chi connectivity index (χ3n) is 4.81. The summed E-state index contributed by atoms with van der Waals surface area (Å²) in [5, 5.41) is 3.95. The average molecular weight is 463 g/mol. The Morgan fingerprint density at radius 1 is 1.16 bits per heavy atom. The molecule has 0 radical (unpaired) electrons. The fourth-order valence-electron chi connectivity index (χ4n) is 3.18. The topological polar surface area (TPSA) is 112 Å². The molecule has 0 N–H and O–H groups in total. The first-order chi connectivity index (χ1) is 15.0. The zero-order valence-electron chi connectivity index (χ0n) is 18.0. The van der Waals surface area contributed by atoms with Crippen LogP contribution in [-0.4, -0.2) is 54.4 Å². The monoisotopic (exact) mass is 463 g/mol. The summed E-state index contributed by atoms with van der Waals surface area (Å²) in [6.07, 6.45) is 0. The number of hydrogen-bond acceptors (Lipinski definition) is 7. The van der Waals surface area contributed by atoms with E-state index in [0.29, 0.717) is 22.8 Å². The SMILES string of the molecule is Cc1cc(-n2c(C)cc(C(=O)COC(=O)CN(C)S(=O)(=O)c3ccc(F)cc3)c2C)no1. The summed E-state index contributed by atoms with van der Waals surface area (Å²) in [7, 11) is -2.83. The predicted molar refractivity (Wildman–Crippen MR) is 112 cm³/mol. The van der Waals surface area contributed by atoms with Gasteiger partial charge in [-0.25, -0.2) is 12.8 Å². The molecule has 0 bridgehead atoms. The molecule has 0 aliphatic rings. The summed E-state index contributed by atoms with van der Waals surface area (Å²) in [4.78, 5) is 24.6. The Hall–Kier alpha value is -3.31. The van der Waals surface area contributed by atoms with Crippen LogP contribution in [0.2, 0.25) is 0 Å². The van der Waals surface area contributed by atoms with Crippen molar-refractivity contribution in [3.8, 4) is 5.82 Å². The normalized spacial score (nSPS) is 11.7. The van der Waals surface area contributed by atoms with Crippen LogP contribution in [0.1, 0.15) is 27.5 Å². The van der Waals surface area contributed by atoms with Crippen LogP contribution < -0.4 is 0 Å². The van der Waals surface area contributed by atoms with Gasteiger partial charge in [0, 0.05) is 30.1 Å². The standard InChI is InChI=1S/C21H22FN3O6S/c1-13-9-18(15(3)25(13)20-10-14(2)31-23-20)19(26)12-30-21(27)11-24(4)32(28,29)17-7-5-16(22)6-8-17/h5-10H,11-12H2,1-4H3. The van der Waals surface area contributed by atoms with E-state index in [9.17, 15) is 22.4 Å². The zero-order chi connectivity index (χ0) is 23.6. The van der Waals surface area contributed by atoms with E-state index in [4.69, 9.17) is 9.26 Å². The van der Waals surface area contributed by atoms with Gasteiger partial charge >= 0.3 is 5.97 Å². The van der Waals surface area contributed by atoms with Gasteiger partial charge in [0.2, 0.25) is 15.8 Å². The summed E-state index contributed by atoms with van der Waals surface area (Å²) in [6, 6.07) is 7.60. The van der Waals surface area contributed by atoms with E-state index in [1.54, 1.807) is 37.5 Å². The lowest BCUT2D eigenvalue weighted by Crippen LogP contribution is -2.33. The van der Waals surface area contributed by atoms with E-state index in [1.165, 1.54) is 7.05 Å². The van der Waals surface area contributed by atoms with Gasteiger partial charge in [0.15, 0.2) is 12.4 Å². The van der Waals surface area contributed by atoms with Gasteiger partial charge in [0.1, 0.15) is 18.1 Å². The summed E-state index contributed by atoms with van der Waals surface area (Å²) >= 11 is 0. The Morgan fingerprint density at radius 3 is 2.41 bits per heavy atom. The number of aryl methyl sites for hydroxylation is 2. The molecule has 2 aromatic heterocycles. The van der Waals surface area contributed by atoms with Gasteiger partial charge in [-0.1, -0.05) is 5.16 Å². The Bertz CT molecular complexity index is 1260. The molecule has 0 unspecified atom stereocenters. The fraction of sp³-hybridized carbons (Fsp3) is 0.286. The molecule has 0 aliphatic heterocycles. The minimum absolute atomic E-state index is 0.166. The molecule has 11 heteroatoms. The zero-order valence-corrected chi connectivity index (χ0v) is 18.8. The molecule has 3 rings (SSSR count). The van der Waals surface area contributed by atoms with Crippen LogP contribution in [0, 0.1) is 26.6 Å². The van der Waals surface area contributed by atoms with Crippen molar-refractivity contribution in [3.05, 3.63) is 64.9 Å². The number of likely N-dealkylation sites (N-methyl/N-ethyl adjacent to an activating group) is 1. The van der Waals surface area contributed by atoms with Gasteiger partial charge in [-0.15, -0.1) is 0 Å². The Morgan fingerprint density at radius 2 is 1.81 bits per heavy atom. The van der Waals surface area contributed by atoms with Crippen LogP contribution in [-0.2, 0) is 19.6 Å². The summed E-state index contributed by atoms with van der Waals surface area (Å²) in [5.41, 5.74) is 1.70. The minimum atomic E-state index is -4.02. The molecule has 0 saturated heterocycles. The number of benzene rings is 1. The fourth-order valence-corrected chi connectivity index (χ4v) is 4.29. The van der Waals surface area contributed by atoms with Crippen molar-refractivity contribution in [2.45, 2.75) is 25.7 Å². The van der Waals surface area contributed by atoms with Crippen LogP contribution in [0.15, 0.2) is 45.8 Å². The second-order valence-electron chi connectivity index (χ2n) is 7.21. The molecule has 0 fully saturated rings. The van der Waals surface area contributed by atoms with Crippen molar-refractivity contribution in [1.29, 1.82) is 0 Å². The molecule has 9 nitrogen and oxygen atoms in total. The minimum Gasteiger partial charge on any atom is -0.456 e. The number of esters is 1. The predicted octanol–water partition coefficient (Wildman–Crippen LogP) is 2.58. The number of Topliss-reactive ketones (excluding diaryl/α,β-unsaturated/α-hetero) is 1. The molecule has 3 aromatic rings. The summed E-state index contributed by atoms with van der Waals surface area (Å²) in [5.74, 6) is -0.771. The van der Waals surface area contributed by atoms with E-state index in [2.05, 4.69) is 5.16 Å². The molecule has 2 heterocycles. The number of rotatable bonds is 8. The van der Waals surface area contributed by atoms with Crippen molar-refractivity contribution in [2.24, 2.45) is 0 Å². The third-order valence-corrected chi connectivity index (χ3v) is 6.63. The van der Waals surface area contributed by atoms with Gasteiger partial charge in [-0.05, 0) is 51.1 Å². The lowest BCUT2D eigenvalue weighted by Gasteiger charge is -2.16. The molecule has 170 valence electrons. The van der Waals surface area contributed by atoms with Crippen LogP contribution in [0.25, 0.3) is 5.82 Å². The number of halogens is 1. The number of nitrogens with zero attached hydrogens (tertiary/aromatic N) is 3. The highest BCUT2D eigenvalue weighted by molar-refractivity contribution is 7.89. The molecule has 0 aliphatic carbocycles. The second-order valence-corrected chi connectivity index (χ2v) is 9.26. The van der Waals surface area contributed by atoms with E-state index in [1.807, 2.05) is 0 Å². The van der Waals surface area contributed by atoms with E-state index in [-0.39, 0.29) is 4.90 Å². The van der Waals surface area contributed by atoms with Gasteiger partial charge in [-0.3, -0.25) is 14.2 Å². The first kappa shape index (κ1) is 23.4. The van der Waals surface area contributed by atoms with Crippen molar-refractivity contribution in [1.82, 2.24) is 14.0 Å². The first-order valence-corrected chi connectivity index (χ1v) is 11.0. The van der Waals surface area contributed by atoms with E-state index in [0.717, 1.165) is 34.3 Å². The molecule has 0 saturated carbocycles. The number of aromatic nitrogens is 2. The number of carbonyl (C=O) groups is 2. The lowest BCUT2D eigenvalue weighted by molar-refractivity contribution is -0.142. The number of ketones is 1. The molecule has 0 spiro atoms. The van der Waals surface area contributed by atoms with E-state index < -0.39 is 40.7 Å². The molecular weight excluding hydrogens is 441 g/mol. The quantitative estimate of drug-likeness (QED) is 0.373. The van der Waals surface area contributed by atoms with Crippen LogP contribution in [0.4, 0.5) is 4.39 Å². The number of ether oxygens (including phenoxy) is 1. The van der Waals surface area contributed by atoms with Crippen molar-refractivity contribution < 1.29 is 31.7 Å². The highest BCUT2D eigenvalue weighted by Gasteiger charge is 2.25. The maximum atomic E-state index is 13.0. The number of hydrogen-bond donors (Lipinski definition) is 0. The van der Waals surface area contributed by atoms with Gasteiger partial charge < -0.3 is 9.26 Å². The van der Waals surface area contributed by atoms with Gasteiger partial charge in [0.05, 0.1) is 4.90 Å². The molecular formula is C21H22FN3O6S. The first-order valence-electron chi connectivity index (χ1n) is 9.54. The number of sulfonamides is 1.